The van der Waals surface area contributed by atoms with Crippen LogP contribution >= 0.6 is 0 Å². The Hall–Kier alpha value is -6.19. The first-order valence-electron chi connectivity index (χ1n) is 10.5. The van der Waals surface area contributed by atoms with E-state index in [1.165, 1.54) is 24.3 Å². The fourth-order valence-electron chi connectivity index (χ4n) is 3.60. The lowest BCUT2D eigenvalue weighted by Crippen LogP contribution is -2.06. The Kier molecular flexibility index (Phi) is 6.67. The molecule has 4 aromatic carbocycles. The number of hydrogen-bond acceptors (Lipinski definition) is 11. The Bertz CT molecular complexity index is 1720. The van der Waals surface area contributed by atoms with E-state index >= 15 is 0 Å². The first-order chi connectivity index (χ1) is 18.5. The predicted octanol–water partition coefficient (Wildman–Crippen LogP) is 5.76. The minimum absolute atomic E-state index is 0.146. The second-order valence-corrected chi connectivity index (χ2v) is 7.64. The number of hydrogen-bond donors (Lipinski definition) is 1. The summed E-state index contributed by atoms with van der Waals surface area (Å²) in [6.45, 7) is 0. The maximum atomic E-state index is 12.4. The largest absolute Gasteiger partial charge is 0.477 e. The summed E-state index contributed by atoms with van der Waals surface area (Å²) in [6, 6.07) is 12.2. The summed E-state index contributed by atoms with van der Waals surface area (Å²) in [5, 5.41) is 55.8. The van der Waals surface area contributed by atoms with Crippen LogP contribution in [0.1, 0.15) is 10.4 Å². The van der Waals surface area contributed by atoms with E-state index in [1.807, 2.05) is 0 Å². The molecule has 0 aromatic heterocycles. The average Bonchev–Trinajstić information content (AvgIpc) is 2.88. The van der Waals surface area contributed by atoms with Crippen LogP contribution in [0.4, 0.5) is 22.7 Å². The molecular weight excluding hydrogens is 524 g/mol. The molecule has 0 saturated carbocycles. The van der Waals surface area contributed by atoms with Crippen molar-refractivity contribution in [3.8, 4) is 23.0 Å². The molecule has 0 aliphatic carbocycles. The molecule has 0 heterocycles. The van der Waals surface area contributed by atoms with Crippen molar-refractivity contribution in [3.63, 3.8) is 0 Å². The lowest BCUT2D eigenvalue weighted by Gasteiger charge is -2.16. The molecule has 0 aliphatic heterocycles. The van der Waals surface area contributed by atoms with Crippen molar-refractivity contribution in [1.82, 2.24) is 0 Å². The summed E-state index contributed by atoms with van der Waals surface area (Å²) < 4.78 is 11.2. The Labute approximate surface area is 214 Å². The van der Waals surface area contributed by atoms with Gasteiger partial charge in [0.05, 0.1) is 31.8 Å². The maximum absolute atomic E-state index is 12.4. The highest BCUT2D eigenvalue weighted by molar-refractivity contribution is 6.04. The molecule has 196 valence electrons. The molecule has 4 rings (SSSR count). The van der Waals surface area contributed by atoms with Crippen LogP contribution in [0.2, 0.25) is 0 Å². The van der Waals surface area contributed by atoms with Gasteiger partial charge < -0.3 is 14.6 Å². The van der Waals surface area contributed by atoms with Crippen LogP contribution < -0.4 is 9.47 Å². The number of carboxylic acids is 1. The first kappa shape index (κ1) is 25.9. The van der Waals surface area contributed by atoms with E-state index < -0.39 is 77.0 Å². The number of non-ortho nitro benzene ring substituents is 2. The van der Waals surface area contributed by atoms with E-state index in [0.29, 0.717) is 17.5 Å². The molecule has 1 N–H and O–H groups in total. The number of aromatic carboxylic acids is 1. The monoisotopic (exact) mass is 536 g/mol. The van der Waals surface area contributed by atoms with Crippen LogP contribution in [0.25, 0.3) is 10.8 Å². The van der Waals surface area contributed by atoms with Crippen LogP contribution in [0.3, 0.4) is 0 Å². The van der Waals surface area contributed by atoms with Crippen molar-refractivity contribution in [1.29, 1.82) is 0 Å². The number of nitrogens with zero attached hydrogens (tertiary/aromatic N) is 4. The SMILES string of the molecule is O=C(O)c1c(Oc2ccc([N+](=O)[O-])cc2[N+](=O)[O-])cc2ccccc2c1Oc1ccc([N+](=O)[O-])cc1[N+](=O)[O-]. The topological polar surface area (TPSA) is 228 Å². The average molecular weight is 536 g/mol. The molecule has 0 radical (unpaired) electrons. The van der Waals surface area contributed by atoms with Crippen molar-refractivity contribution in [2.75, 3.05) is 0 Å². The Morgan fingerprint density at radius 1 is 0.641 bits per heavy atom. The molecule has 16 heteroatoms. The molecule has 0 spiro atoms. The van der Waals surface area contributed by atoms with E-state index in [-0.39, 0.29) is 5.39 Å². The van der Waals surface area contributed by atoms with Gasteiger partial charge in [0.15, 0.2) is 5.75 Å². The zero-order chi connectivity index (χ0) is 28.4. The van der Waals surface area contributed by atoms with E-state index in [2.05, 4.69) is 0 Å². The van der Waals surface area contributed by atoms with Gasteiger partial charge in [-0.1, -0.05) is 24.3 Å². The Morgan fingerprint density at radius 2 is 1.15 bits per heavy atom. The van der Waals surface area contributed by atoms with E-state index in [4.69, 9.17) is 9.47 Å². The van der Waals surface area contributed by atoms with Gasteiger partial charge in [0, 0.05) is 17.5 Å². The van der Waals surface area contributed by atoms with Gasteiger partial charge in [-0.2, -0.15) is 0 Å². The number of carboxylic acid groups (broad SMARTS) is 1. The van der Waals surface area contributed by atoms with Gasteiger partial charge in [0.25, 0.3) is 11.4 Å². The van der Waals surface area contributed by atoms with Gasteiger partial charge in [-0.15, -0.1) is 0 Å². The molecule has 0 saturated heterocycles. The van der Waals surface area contributed by atoms with E-state index in [1.54, 1.807) is 6.07 Å². The van der Waals surface area contributed by atoms with Gasteiger partial charge in [0.2, 0.25) is 11.5 Å². The molecule has 16 nitrogen and oxygen atoms in total. The second-order valence-electron chi connectivity index (χ2n) is 7.64. The number of benzene rings is 4. The maximum Gasteiger partial charge on any atom is 0.343 e. The zero-order valence-electron chi connectivity index (χ0n) is 19.1. The molecule has 0 fully saturated rings. The van der Waals surface area contributed by atoms with Gasteiger partial charge >= 0.3 is 17.3 Å². The van der Waals surface area contributed by atoms with Crippen molar-refractivity contribution in [2.45, 2.75) is 0 Å². The molecule has 0 aliphatic rings. The Morgan fingerprint density at radius 3 is 1.64 bits per heavy atom. The van der Waals surface area contributed by atoms with Crippen LogP contribution in [0, 0.1) is 40.5 Å². The molecule has 0 amide bonds. The molecule has 0 atom stereocenters. The summed E-state index contributed by atoms with van der Waals surface area (Å²) in [4.78, 5) is 54.0. The molecule has 39 heavy (non-hydrogen) atoms. The normalized spacial score (nSPS) is 10.6. The van der Waals surface area contributed by atoms with Crippen LogP contribution in [0.5, 0.6) is 23.0 Å². The van der Waals surface area contributed by atoms with Gasteiger partial charge in [-0.25, -0.2) is 4.79 Å². The summed E-state index contributed by atoms with van der Waals surface area (Å²) >= 11 is 0. The highest BCUT2D eigenvalue weighted by Crippen LogP contribution is 2.45. The Balaban J connectivity index is 1.95. The summed E-state index contributed by atoms with van der Waals surface area (Å²) in [5.41, 5.74) is -3.58. The van der Waals surface area contributed by atoms with Crippen LogP contribution in [-0.2, 0) is 0 Å². The van der Waals surface area contributed by atoms with Gasteiger partial charge in [-0.3, -0.25) is 40.5 Å². The fraction of sp³-hybridized carbons (Fsp3) is 0. The first-order valence-corrected chi connectivity index (χ1v) is 10.5. The third-order valence-electron chi connectivity index (χ3n) is 5.31. The third kappa shape index (κ3) is 5.05. The number of carbonyl (C=O) groups is 1. The van der Waals surface area contributed by atoms with E-state index in [9.17, 15) is 50.4 Å². The minimum Gasteiger partial charge on any atom is -0.477 e. The number of rotatable bonds is 9. The number of nitro groups is 4. The highest BCUT2D eigenvalue weighted by atomic mass is 16.6. The molecule has 0 bridgehead atoms. The lowest BCUT2D eigenvalue weighted by molar-refractivity contribution is -0.394. The van der Waals surface area contributed by atoms with Gasteiger partial charge in [-0.05, 0) is 23.6 Å². The molecule has 0 unspecified atom stereocenters. The molecular formula is C23H12N4O12. The quantitative estimate of drug-likeness (QED) is 0.199. The third-order valence-corrected chi connectivity index (χ3v) is 5.31. The fourth-order valence-corrected chi connectivity index (χ4v) is 3.60. The summed E-state index contributed by atoms with van der Waals surface area (Å²) in [7, 11) is 0. The van der Waals surface area contributed by atoms with Crippen LogP contribution in [0.15, 0.2) is 66.7 Å². The van der Waals surface area contributed by atoms with Crippen molar-refractivity contribution < 1.29 is 39.1 Å². The zero-order valence-corrected chi connectivity index (χ0v) is 19.1. The summed E-state index contributed by atoms with van der Waals surface area (Å²) in [5.74, 6) is -3.66. The number of nitro benzene ring substituents is 4. The van der Waals surface area contributed by atoms with Gasteiger partial charge in [0.1, 0.15) is 11.3 Å². The highest BCUT2D eigenvalue weighted by Gasteiger charge is 2.29. The summed E-state index contributed by atoms with van der Waals surface area (Å²) in [6.07, 6.45) is 0. The lowest BCUT2D eigenvalue weighted by atomic mass is 10.0. The minimum atomic E-state index is -1.65. The smallest absolute Gasteiger partial charge is 0.343 e. The van der Waals surface area contributed by atoms with Crippen molar-refractivity contribution >= 4 is 39.5 Å². The van der Waals surface area contributed by atoms with Crippen molar-refractivity contribution in [2.24, 2.45) is 0 Å². The van der Waals surface area contributed by atoms with E-state index in [0.717, 1.165) is 24.3 Å². The predicted molar refractivity (Wildman–Crippen MR) is 131 cm³/mol. The second kappa shape index (κ2) is 10.1. The standard InChI is InChI=1S/C23H12N4O12/c28-23(29)21-20(38-18-7-5-13(24(30)31)10-16(18)26(34)35)9-12-3-1-2-4-15(12)22(21)39-19-8-6-14(25(32)33)11-17(19)27(36)37/h1-11H,(H,28,29). The number of fused-ring (bicyclic) bond motifs is 1. The van der Waals surface area contributed by atoms with Crippen molar-refractivity contribution in [3.05, 3.63) is 113 Å². The molecule has 4 aromatic rings. The number of ether oxygens (including phenoxy) is 2. The van der Waals surface area contributed by atoms with Crippen LogP contribution in [-0.4, -0.2) is 30.8 Å².